The zero-order valence-electron chi connectivity index (χ0n) is 20.9. The standard InChI is InChI=1S/C28H26F4N4O2/c1-3-38-24-7-5-4-6-21(24)25-22(29)15-20(17-35-25)27(26(37)34-2)10-12-36(13-11-27)23-9-8-19(28(30,31)32)14-18(23)16-33/h4-9,14-15,17H,3,10-13H2,1-2H3,(H,34,37). The van der Waals surface area contributed by atoms with Gasteiger partial charge in [-0.3, -0.25) is 9.78 Å². The second kappa shape index (κ2) is 10.7. The van der Waals surface area contributed by atoms with E-state index in [4.69, 9.17) is 4.74 Å². The molecule has 38 heavy (non-hydrogen) atoms. The Hall–Kier alpha value is -4.13. The van der Waals surface area contributed by atoms with Crippen LogP contribution in [0.15, 0.2) is 54.7 Å². The molecular weight excluding hydrogens is 500 g/mol. The van der Waals surface area contributed by atoms with Gasteiger partial charge in [0.2, 0.25) is 5.91 Å². The molecular formula is C28H26F4N4O2. The molecule has 0 bridgehead atoms. The summed E-state index contributed by atoms with van der Waals surface area (Å²) in [5.41, 5.74) is -0.744. The second-order valence-corrected chi connectivity index (χ2v) is 8.97. The monoisotopic (exact) mass is 526 g/mol. The Labute approximate surface area is 217 Å². The third-order valence-electron chi connectivity index (χ3n) is 6.90. The number of piperidine rings is 1. The summed E-state index contributed by atoms with van der Waals surface area (Å²) in [6.07, 6.45) is -2.58. The summed E-state index contributed by atoms with van der Waals surface area (Å²) < 4.78 is 60.4. The number of nitrogens with zero attached hydrogens (tertiary/aromatic N) is 3. The lowest BCUT2D eigenvalue weighted by atomic mass is 9.72. The minimum atomic E-state index is -4.56. The SMILES string of the molecule is CCOc1ccccc1-c1ncc(C2(C(=O)NC)CCN(c3ccc(C(F)(F)F)cc3C#N)CC2)cc1F. The van der Waals surface area contributed by atoms with Gasteiger partial charge in [-0.2, -0.15) is 18.4 Å². The highest BCUT2D eigenvalue weighted by Gasteiger charge is 2.43. The van der Waals surface area contributed by atoms with Crippen molar-refractivity contribution in [2.75, 3.05) is 31.6 Å². The maximum atomic E-state index is 15.4. The summed E-state index contributed by atoms with van der Waals surface area (Å²) in [6.45, 7) is 2.76. The minimum absolute atomic E-state index is 0.0997. The third-order valence-corrected chi connectivity index (χ3v) is 6.90. The van der Waals surface area contributed by atoms with Crippen LogP contribution in [0.4, 0.5) is 23.2 Å². The molecule has 2 aromatic carbocycles. The molecule has 0 saturated carbocycles. The van der Waals surface area contributed by atoms with Crippen molar-refractivity contribution < 1.29 is 27.1 Å². The number of ether oxygens (including phenoxy) is 1. The van der Waals surface area contributed by atoms with Crippen LogP contribution in [-0.2, 0) is 16.4 Å². The number of benzene rings is 2. The van der Waals surface area contributed by atoms with Crippen molar-refractivity contribution in [2.24, 2.45) is 0 Å². The van der Waals surface area contributed by atoms with Gasteiger partial charge in [-0.1, -0.05) is 12.1 Å². The molecule has 1 fully saturated rings. The number of likely N-dealkylation sites (N-methyl/N-ethyl adjacent to an activating group) is 1. The van der Waals surface area contributed by atoms with Crippen molar-refractivity contribution in [2.45, 2.75) is 31.4 Å². The number of nitrogens with one attached hydrogen (secondary N) is 1. The van der Waals surface area contributed by atoms with Crippen LogP contribution in [0.2, 0.25) is 0 Å². The molecule has 0 unspecified atom stereocenters. The fourth-order valence-corrected chi connectivity index (χ4v) is 4.93. The minimum Gasteiger partial charge on any atom is -0.493 e. The van der Waals surface area contributed by atoms with Gasteiger partial charge in [-0.15, -0.1) is 0 Å². The van der Waals surface area contributed by atoms with Crippen molar-refractivity contribution in [3.8, 4) is 23.1 Å². The summed E-state index contributed by atoms with van der Waals surface area (Å²) in [6, 6.07) is 13.2. The van der Waals surface area contributed by atoms with Gasteiger partial charge in [0.05, 0.1) is 28.8 Å². The number of anilines is 1. The van der Waals surface area contributed by atoms with Crippen LogP contribution in [0, 0.1) is 17.1 Å². The molecule has 0 spiro atoms. The average molecular weight is 527 g/mol. The predicted octanol–water partition coefficient (Wildman–Crippen LogP) is 5.46. The number of carbonyl (C=O) groups is 1. The van der Waals surface area contributed by atoms with Gasteiger partial charge in [0, 0.05) is 31.9 Å². The van der Waals surface area contributed by atoms with Gasteiger partial charge < -0.3 is 15.0 Å². The topological polar surface area (TPSA) is 78.2 Å². The first kappa shape index (κ1) is 26.9. The quantitative estimate of drug-likeness (QED) is 0.432. The van der Waals surface area contributed by atoms with E-state index >= 15 is 4.39 Å². The van der Waals surface area contributed by atoms with Gasteiger partial charge in [0.25, 0.3) is 0 Å². The Kier molecular flexibility index (Phi) is 7.58. The zero-order chi connectivity index (χ0) is 27.5. The number of halogens is 4. The highest BCUT2D eigenvalue weighted by Crippen LogP contribution is 2.40. The van der Waals surface area contributed by atoms with Crippen molar-refractivity contribution in [1.29, 1.82) is 5.26 Å². The van der Waals surface area contributed by atoms with E-state index < -0.39 is 23.0 Å². The molecule has 0 atom stereocenters. The molecule has 1 aromatic heterocycles. The van der Waals surface area contributed by atoms with E-state index in [1.165, 1.54) is 25.4 Å². The van der Waals surface area contributed by atoms with Crippen molar-refractivity contribution >= 4 is 11.6 Å². The van der Waals surface area contributed by atoms with Crippen LogP contribution in [0.5, 0.6) is 5.75 Å². The Morgan fingerprint density at radius 1 is 1.18 bits per heavy atom. The molecule has 6 nitrogen and oxygen atoms in total. The van der Waals surface area contributed by atoms with Gasteiger partial charge >= 0.3 is 6.18 Å². The molecule has 1 saturated heterocycles. The summed E-state index contributed by atoms with van der Waals surface area (Å²) in [4.78, 5) is 19.3. The predicted molar refractivity (Wildman–Crippen MR) is 134 cm³/mol. The Balaban J connectivity index is 1.65. The van der Waals surface area contributed by atoms with Gasteiger partial charge in [0.1, 0.15) is 23.3 Å². The van der Waals surface area contributed by atoms with E-state index in [-0.39, 0.29) is 43.1 Å². The largest absolute Gasteiger partial charge is 0.493 e. The molecule has 0 radical (unpaired) electrons. The molecule has 0 aliphatic carbocycles. The number of pyridine rings is 1. The number of amides is 1. The molecule has 1 amide bonds. The number of alkyl halides is 3. The van der Waals surface area contributed by atoms with E-state index in [9.17, 15) is 23.2 Å². The molecule has 1 N–H and O–H groups in total. The fourth-order valence-electron chi connectivity index (χ4n) is 4.93. The van der Waals surface area contributed by atoms with Gasteiger partial charge in [0.15, 0.2) is 0 Å². The van der Waals surface area contributed by atoms with Crippen molar-refractivity contribution in [3.63, 3.8) is 0 Å². The van der Waals surface area contributed by atoms with Crippen LogP contribution in [0.3, 0.4) is 0 Å². The summed E-state index contributed by atoms with van der Waals surface area (Å²) >= 11 is 0. The number of rotatable bonds is 6. The number of hydrogen-bond acceptors (Lipinski definition) is 5. The Morgan fingerprint density at radius 2 is 1.89 bits per heavy atom. The van der Waals surface area contributed by atoms with E-state index in [1.807, 2.05) is 13.0 Å². The second-order valence-electron chi connectivity index (χ2n) is 8.97. The van der Waals surface area contributed by atoms with Crippen LogP contribution >= 0.6 is 0 Å². The highest BCUT2D eigenvalue weighted by atomic mass is 19.4. The van der Waals surface area contributed by atoms with E-state index in [2.05, 4.69) is 10.3 Å². The zero-order valence-corrected chi connectivity index (χ0v) is 20.9. The van der Waals surface area contributed by atoms with Crippen LogP contribution in [0.1, 0.15) is 36.5 Å². The third kappa shape index (κ3) is 5.01. The molecule has 198 valence electrons. The summed E-state index contributed by atoms with van der Waals surface area (Å²) in [5, 5.41) is 12.1. The first-order valence-electron chi connectivity index (χ1n) is 12.1. The maximum absolute atomic E-state index is 15.4. The smallest absolute Gasteiger partial charge is 0.416 e. The maximum Gasteiger partial charge on any atom is 0.416 e. The number of carbonyl (C=O) groups excluding carboxylic acids is 1. The Bertz CT molecular complexity index is 1380. The average Bonchev–Trinajstić information content (AvgIpc) is 2.92. The first-order chi connectivity index (χ1) is 18.1. The van der Waals surface area contributed by atoms with Crippen molar-refractivity contribution in [1.82, 2.24) is 10.3 Å². The molecule has 10 heteroatoms. The normalized spacial score (nSPS) is 15.0. The Morgan fingerprint density at radius 3 is 2.50 bits per heavy atom. The number of hydrogen-bond donors (Lipinski definition) is 1. The van der Waals surface area contributed by atoms with Gasteiger partial charge in [-0.25, -0.2) is 4.39 Å². The van der Waals surface area contributed by atoms with E-state index in [0.29, 0.717) is 29.2 Å². The van der Waals surface area contributed by atoms with Crippen LogP contribution in [0.25, 0.3) is 11.3 Å². The molecule has 2 heterocycles. The lowest BCUT2D eigenvalue weighted by Crippen LogP contribution is -2.51. The number of nitriles is 1. The molecule has 1 aliphatic rings. The number of aromatic nitrogens is 1. The lowest BCUT2D eigenvalue weighted by Gasteiger charge is -2.41. The number of para-hydroxylation sites is 1. The van der Waals surface area contributed by atoms with Crippen molar-refractivity contribution in [3.05, 3.63) is 77.2 Å². The molecule has 1 aliphatic heterocycles. The summed E-state index contributed by atoms with van der Waals surface area (Å²) in [7, 11) is 1.50. The molecule has 3 aromatic rings. The van der Waals surface area contributed by atoms with E-state index in [0.717, 1.165) is 12.1 Å². The summed E-state index contributed by atoms with van der Waals surface area (Å²) in [5.74, 6) is -0.420. The van der Waals surface area contributed by atoms with Gasteiger partial charge in [-0.05, 0) is 61.7 Å². The van der Waals surface area contributed by atoms with Crippen LogP contribution < -0.4 is 15.0 Å². The lowest BCUT2D eigenvalue weighted by molar-refractivity contribution is -0.137. The highest BCUT2D eigenvalue weighted by molar-refractivity contribution is 5.88. The fraction of sp³-hybridized carbons (Fsp3) is 0.321. The molecule has 4 rings (SSSR count). The van der Waals surface area contributed by atoms with Crippen LogP contribution in [-0.4, -0.2) is 37.6 Å². The first-order valence-corrected chi connectivity index (χ1v) is 12.1. The van der Waals surface area contributed by atoms with E-state index in [1.54, 1.807) is 29.2 Å².